The molecule has 0 radical (unpaired) electrons. The number of fused-ring (bicyclic) bond motifs is 1. The van der Waals surface area contributed by atoms with E-state index in [0.717, 1.165) is 56.2 Å². The van der Waals surface area contributed by atoms with Gasteiger partial charge in [0.15, 0.2) is 10.7 Å². The van der Waals surface area contributed by atoms with Crippen LogP contribution in [-0.2, 0) is 6.54 Å². The van der Waals surface area contributed by atoms with Crippen molar-refractivity contribution >= 4 is 22.2 Å². The lowest BCUT2D eigenvalue weighted by Gasteiger charge is -2.26. The number of carbonyl (C=O) groups is 1. The fraction of sp³-hybridized carbons (Fsp3) is 0.667. The molecule has 0 aromatic carbocycles. The Morgan fingerprint density at radius 1 is 1.28 bits per heavy atom. The van der Waals surface area contributed by atoms with Crippen LogP contribution >= 0.6 is 11.3 Å². The Hall–Kier alpha value is -1.44. The van der Waals surface area contributed by atoms with Gasteiger partial charge in [-0.05, 0) is 39.8 Å². The molecule has 7 heteroatoms. The smallest absolute Gasteiger partial charge is 0.274 e. The van der Waals surface area contributed by atoms with E-state index in [0.29, 0.717) is 11.7 Å². The first-order chi connectivity index (χ1) is 12.1. The molecule has 0 N–H and O–H groups in total. The summed E-state index contributed by atoms with van der Waals surface area (Å²) < 4.78 is 2.12. The summed E-state index contributed by atoms with van der Waals surface area (Å²) in [7, 11) is 4.30. The fourth-order valence-electron chi connectivity index (χ4n) is 3.99. The van der Waals surface area contributed by atoms with Crippen LogP contribution in [0.25, 0.3) is 4.96 Å². The maximum atomic E-state index is 13.1. The highest BCUT2D eigenvalue weighted by Gasteiger charge is 2.29. The Morgan fingerprint density at radius 3 is 2.80 bits per heavy atom. The van der Waals surface area contributed by atoms with Crippen LogP contribution in [0.3, 0.4) is 0 Å². The summed E-state index contributed by atoms with van der Waals surface area (Å²) in [6.45, 7) is 4.68. The topological polar surface area (TPSA) is 44.1 Å². The summed E-state index contributed by atoms with van der Waals surface area (Å²) >= 11 is 1.60. The monoisotopic (exact) mass is 361 g/mol. The summed E-state index contributed by atoms with van der Waals surface area (Å²) in [6, 6.07) is 0.604. The molecule has 0 saturated carbocycles. The van der Waals surface area contributed by atoms with E-state index in [2.05, 4.69) is 34.5 Å². The highest BCUT2D eigenvalue weighted by molar-refractivity contribution is 7.15. The summed E-state index contributed by atoms with van der Waals surface area (Å²) in [5.41, 5.74) is 1.73. The SMILES string of the molecule is CN(C)[C@@H]1CCN(Cc2c(C(=O)N3CCCCC3)nc3sccn23)C1. The van der Waals surface area contributed by atoms with Gasteiger partial charge < -0.3 is 9.80 Å². The Morgan fingerprint density at radius 2 is 2.08 bits per heavy atom. The number of nitrogens with zero attached hydrogens (tertiary/aromatic N) is 5. The van der Waals surface area contributed by atoms with E-state index in [1.807, 2.05) is 10.3 Å². The third-order valence-corrected chi connectivity index (χ3v) is 6.31. The van der Waals surface area contributed by atoms with E-state index >= 15 is 0 Å². The molecule has 2 aliphatic heterocycles. The van der Waals surface area contributed by atoms with Crippen LogP contribution in [0.2, 0.25) is 0 Å². The maximum absolute atomic E-state index is 13.1. The van der Waals surface area contributed by atoms with Crippen molar-refractivity contribution in [2.45, 2.75) is 38.3 Å². The number of amides is 1. The van der Waals surface area contributed by atoms with E-state index in [9.17, 15) is 4.79 Å². The third-order valence-electron chi connectivity index (χ3n) is 5.56. The Kier molecular flexibility index (Phi) is 4.80. The summed E-state index contributed by atoms with van der Waals surface area (Å²) in [5.74, 6) is 0.119. The zero-order valence-electron chi connectivity index (χ0n) is 15.1. The molecule has 1 amide bonds. The molecule has 0 spiro atoms. The molecule has 0 bridgehead atoms. The average molecular weight is 362 g/mol. The standard InChI is InChI=1S/C18H27N5OS/c1-20(2)14-6-9-21(12-14)13-15-16(19-18-23(15)10-11-25-18)17(24)22-7-4-3-5-8-22/h10-11,14H,3-9,12-13H2,1-2H3/t14-/m1/s1. The van der Waals surface area contributed by atoms with Crippen LogP contribution in [0.15, 0.2) is 11.6 Å². The molecule has 0 aliphatic carbocycles. The van der Waals surface area contributed by atoms with Crippen molar-refractivity contribution in [2.24, 2.45) is 0 Å². The number of aromatic nitrogens is 2. The minimum atomic E-state index is 0.119. The number of carbonyl (C=O) groups excluding carboxylic acids is 1. The van der Waals surface area contributed by atoms with Crippen LogP contribution in [0, 0.1) is 0 Å². The molecule has 2 aliphatic rings. The lowest BCUT2D eigenvalue weighted by atomic mass is 10.1. The molecular weight excluding hydrogens is 334 g/mol. The van der Waals surface area contributed by atoms with Crippen molar-refractivity contribution < 1.29 is 4.79 Å². The Balaban J connectivity index is 1.58. The second-order valence-corrected chi connectivity index (χ2v) is 8.33. The van der Waals surface area contributed by atoms with Gasteiger partial charge >= 0.3 is 0 Å². The quantitative estimate of drug-likeness (QED) is 0.837. The molecule has 2 fully saturated rings. The summed E-state index contributed by atoms with van der Waals surface area (Å²) in [4.78, 5) is 25.4. The lowest BCUT2D eigenvalue weighted by molar-refractivity contribution is 0.0716. The van der Waals surface area contributed by atoms with Gasteiger partial charge in [-0.3, -0.25) is 14.1 Å². The predicted molar refractivity (Wildman–Crippen MR) is 100 cm³/mol. The van der Waals surface area contributed by atoms with Gasteiger partial charge in [-0.15, -0.1) is 11.3 Å². The van der Waals surface area contributed by atoms with Gasteiger partial charge in [-0.25, -0.2) is 4.98 Å². The Bertz CT molecular complexity index is 746. The number of likely N-dealkylation sites (tertiary alicyclic amines) is 2. The zero-order valence-corrected chi connectivity index (χ0v) is 16.0. The molecule has 136 valence electrons. The molecular formula is C18H27N5OS. The predicted octanol–water partition coefficient (Wildman–Crippen LogP) is 2.16. The molecule has 2 aromatic rings. The van der Waals surface area contributed by atoms with Gasteiger partial charge in [0, 0.05) is 50.3 Å². The van der Waals surface area contributed by atoms with E-state index in [1.54, 1.807) is 11.3 Å². The van der Waals surface area contributed by atoms with Gasteiger partial charge in [0.2, 0.25) is 0 Å². The third kappa shape index (κ3) is 3.32. The van der Waals surface area contributed by atoms with Crippen LogP contribution < -0.4 is 0 Å². The number of likely N-dealkylation sites (N-methyl/N-ethyl adjacent to an activating group) is 1. The van der Waals surface area contributed by atoms with Crippen LogP contribution in [-0.4, -0.2) is 76.3 Å². The number of imidazole rings is 1. The lowest BCUT2D eigenvalue weighted by Crippen LogP contribution is -2.37. The first-order valence-electron chi connectivity index (χ1n) is 9.26. The van der Waals surface area contributed by atoms with E-state index in [-0.39, 0.29) is 5.91 Å². The Labute approximate surface area is 153 Å². The van der Waals surface area contributed by atoms with Crippen molar-refractivity contribution in [1.29, 1.82) is 0 Å². The van der Waals surface area contributed by atoms with Gasteiger partial charge in [-0.1, -0.05) is 0 Å². The van der Waals surface area contributed by atoms with E-state index in [1.165, 1.54) is 12.8 Å². The minimum Gasteiger partial charge on any atom is -0.337 e. The minimum absolute atomic E-state index is 0.119. The highest BCUT2D eigenvalue weighted by Crippen LogP contribution is 2.24. The van der Waals surface area contributed by atoms with E-state index < -0.39 is 0 Å². The van der Waals surface area contributed by atoms with Crippen LogP contribution in [0.4, 0.5) is 0 Å². The van der Waals surface area contributed by atoms with Crippen LogP contribution in [0.5, 0.6) is 0 Å². The number of rotatable bonds is 4. The molecule has 2 saturated heterocycles. The van der Waals surface area contributed by atoms with Crippen LogP contribution in [0.1, 0.15) is 41.9 Å². The molecule has 25 heavy (non-hydrogen) atoms. The van der Waals surface area contributed by atoms with Gasteiger partial charge in [0.1, 0.15) is 0 Å². The van der Waals surface area contributed by atoms with E-state index in [4.69, 9.17) is 4.98 Å². The number of piperidine rings is 1. The summed E-state index contributed by atoms with van der Waals surface area (Å²) in [5, 5.41) is 2.05. The second-order valence-electron chi connectivity index (χ2n) is 7.46. The molecule has 6 nitrogen and oxygen atoms in total. The van der Waals surface area contributed by atoms with Gasteiger partial charge in [0.25, 0.3) is 5.91 Å². The molecule has 1 atom stereocenters. The average Bonchev–Trinajstić information content (AvgIpc) is 3.32. The van der Waals surface area contributed by atoms with Crippen molar-refractivity contribution in [3.05, 3.63) is 23.0 Å². The van der Waals surface area contributed by atoms with Gasteiger partial charge in [0.05, 0.1) is 5.69 Å². The van der Waals surface area contributed by atoms with Crippen molar-refractivity contribution in [1.82, 2.24) is 24.1 Å². The first kappa shape index (κ1) is 17.0. The highest BCUT2D eigenvalue weighted by atomic mass is 32.1. The van der Waals surface area contributed by atoms with Crippen molar-refractivity contribution in [3.8, 4) is 0 Å². The fourth-order valence-corrected chi connectivity index (χ4v) is 4.72. The molecule has 0 unspecified atom stereocenters. The maximum Gasteiger partial charge on any atom is 0.274 e. The number of hydrogen-bond acceptors (Lipinski definition) is 5. The second kappa shape index (κ2) is 7.05. The number of thiazole rings is 1. The largest absolute Gasteiger partial charge is 0.337 e. The number of hydrogen-bond donors (Lipinski definition) is 0. The zero-order chi connectivity index (χ0) is 17.4. The molecule has 4 heterocycles. The van der Waals surface area contributed by atoms with Crippen molar-refractivity contribution in [2.75, 3.05) is 40.3 Å². The molecule has 2 aromatic heterocycles. The first-order valence-corrected chi connectivity index (χ1v) is 10.1. The van der Waals surface area contributed by atoms with Crippen molar-refractivity contribution in [3.63, 3.8) is 0 Å². The van der Waals surface area contributed by atoms with Gasteiger partial charge in [-0.2, -0.15) is 0 Å². The molecule has 4 rings (SSSR count). The summed E-state index contributed by atoms with van der Waals surface area (Å²) in [6.07, 6.45) is 6.69. The normalized spacial score (nSPS) is 22.4.